The predicted octanol–water partition coefficient (Wildman–Crippen LogP) is 2.47. The minimum atomic E-state index is -0.404. The van der Waals surface area contributed by atoms with Gasteiger partial charge in [-0.25, -0.2) is 0 Å². The van der Waals surface area contributed by atoms with E-state index in [9.17, 15) is 10.1 Å². The summed E-state index contributed by atoms with van der Waals surface area (Å²) in [7, 11) is 0. The number of amides is 1. The molecule has 1 saturated heterocycles. The first-order valence-corrected chi connectivity index (χ1v) is 7.90. The lowest BCUT2D eigenvalue weighted by Crippen LogP contribution is -2.43. The van der Waals surface area contributed by atoms with Crippen LogP contribution in [0.2, 0.25) is 5.02 Å². The highest BCUT2D eigenvalue weighted by Crippen LogP contribution is 2.15. The number of nitriles is 1. The second-order valence-corrected chi connectivity index (χ2v) is 6.05. The van der Waals surface area contributed by atoms with Crippen LogP contribution in [0.25, 0.3) is 0 Å². The Balaban J connectivity index is 2.00. The van der Waals surface area contributed by atoms with Gasteiger partial charge in [0, 0.05) is 30.9 Å². The SMILES string of the molecule is CC1CN(/C=C(/C#N)C(=O)NCc2ccccc2Cl)CC(C)O1. The van der Waals surface area contributed by atoms with E-state index >= 15 is 0 Å². The quantitative estimate of drug-likeness (QED) is 0.679. The number of carbonyl (C=O) groups is 1. The summed E-state index contributed by atoms with van der Waals surface area (Å²) in [6.07, 6.45) is 1.75. The Morgan fingerprint density at radius 1 is 1.43 bits per heavy atom. The normalized spacial score (nSPS) is 21.7. The number of nitrogens with one attached hydrogen (secondary N) is 1. The van der Waals surface area contributed by atoms with Crippen LogP contribution in [0.5, 0.6) is 0 Å². The van der Waals surface area contributed by atoms with Crippen molar-refractivity contribution >= 4 is 17.5 Å². The van der Waals surface area contributed by atoms with Gasteiger partial charge in [0.2, 0.25) is 0 Å². The molecule has 2 atom stereocenters. The number of halogens is 1. The number of hydrogen-bond acceptors (Lipinski definition) is 4. The van der Waals surface area contributed by atoms with Gasteiger partial charge in [-0.05, 0) is 25.5 Å². The summed E-state index contributed by atoms with van der Waals surface area (Å²) in [5.74, 6) is -0.404. The van der Waals surface area contributed by atoms with Crippen molar-refractivity contribution in [2.75, 3.05) is 13.1 Å². The van der Waals surface area contributed by atoms with E-state index in [0.29, 0.717) is 18.1 Å². The van der Waals surface area contributed by atoms with E-state index in [1.165, 1.54) is 0 Å². The monoisotopic (exact) mass is 333 g/mol. The van der Waals surface area contributed by atoms with Gasteiger partial charge in [0.25, 0.3) is 5.91 Å². The summed E-state index contributed by atoms with van der Waals surface area (Å²) in [6, 6.07) is 9.25. The fourth-order valence-electron chi connectivity index (χ4n) is 2.56. The zero-order valence-corrected chi connectivity index (χ0v) is 14.0. The molecule has 0 spiro atoms. The molecule has 0 aliphatic carbocycles. The number of ether oxygens (including phenoxy) is 1. The topological polar surface area (TPSA) is 65.4 Å². The molecule has 23 heavy (non-hydrogen) atoms. The van der Waals surface area contributed by atoms with Gasteiger partial charge in [0.1, 0.15) is 11.6 Å². The molecule has 1 heterocycles. The minimum absolute atomic E-state index is 0.0705. The van der Waals surface area contributed by atoms with Crippen LogP contribution in [0.3, 0.4) is 0 Å². The number of hydrogen-bond donors (Lipinski definition) is 1. The maximum absolute atomic E-state index is 12.2. The van der Waals surface area contributed by atoms with E-state index in [2.05, 4.69) is 5.32 Å². The largest absolute Gasteiger partial charge is 0.372 e. The van der Waals surface area contributed by atoms with Gasteiger partial charge in [-0.1, -0.05) is 29.8 Å². The Bertz CT molecular complexity index is 629. The Morgan fingerprint density at radius 2 is 2.09 bits per heavy atom. The molecule has 1 fully saturated rings. The first-order valence-electron chi connectivity index (χ1n) is 7.52. The molecule has 0 bridgehead atoms. The molecule has 2 rings (SSSR count). The van der Waals surface area contributed by atoms with Crippen molar-refractivity contribution in [3.8, 4) is 6.07 Å². The molecule has 122 valence electrons. The Kier molecular flexibility index (Phi) is 6.03. The van der Waals surface area contributed by atoms with Crippen LogP contribution in [0, 0.1) is 11.3 Å². The molecule has 1 aliphatic heterocycles. The van der Waals surface area contributed by atoms with Gasteiger partial charge in [-0.15, -0.1) is 0 Å². The molecule has 1 aliphatic rings. The summed E-state index contributed by atoms with van der Waals surface area (Å²) in [5, 5.41) is 12.6. The number of rotatable bonds is 4. The molecule has 1 amide bonds. The first kappa shape index (κ1) is 17.3. The van der Waals surface area contributed by atoms with Crippen molar-refractivity contribution in [2.45, 2.75) is 32.6 Å². The lowest BCUT2D eigenvalue weighted by Gasteiger charge is -2.34. The van der Waals surface area contributed by atoms with Crippen LogP contribution in [-0.2, 0) is 16.1 Å². The molecule has 1 aromatic carbocycles. The lowest BCUT2D eigenvalue weighted by atomic mass is 10.2. The van der Waals surface area contributed by atoms with Crippen molar-refractivity contribution in [3.63, 3.8) is 0 Å². The molecule has 2 unspecified atom stereocenters. The maximum atomic E-state index is 12.2. The van der Waals surface area contributed by atoms with Crippen molar-refractivity contribution < 1.29 is 9.53 Å². The Labute approximate surface area is 141 Å². The van der Waals surface area contributed by atoms with Gasteiger partial charge in [-0.3, -0.25) is 4.79 Å². The van der Waals surface area contributed by atoms with Crippen LogP contribution in [0.4, 0.5) is 0 Å². The summed E-state index contributed by atoms with van der Waals surface area (Å²) >= 11 is 6.06. The number of morpholine rings is 1. The number of nitrogens with zero attached hydrogens (tertiary/aromatic N) is 2. The average molecular weight is 334 g/mol. The van der Waals surface area contributed by atoms with Crippen molar-refractivity contribution in [2.24, 2.45) is 0 Å². The summed E-state index contributed by atoms with van der Waals surface area (Å²) in [6.45, 7) is 5.55. The van der Waals surface area contributed by atoms with E-state index in [1.54, 1.807) is 12.3 Å². The average Bonchev–Trinajstić information content (AvgIpc) is 2.50. The summed E-state index contributed by atoms with van der Waals surface area (Å²) < 4.78 is 5.64. The molecule has 1 aromatic rings. The molecule has 1 N–H and O–H groups in total. The summed E-state index contributed by atoms with van der Waals surface area (Å²) in [4.78, 5) is 14.1. The summed E-state index contributed by atoms with van der Waals surface area (Å²) in [5.41, 5.74) is 0.895. The molecule has 5 nitrogen and oxygen atoms in total. The van der Waals surface area contributed by atoms with E-state index in [4.69, 9.17) is 16.3 Å². The van der Waals surface area contributed by atoms with E-state index in [0.717, 1.165) is 5.56 Å². The minimum Gasteiger partial charge on any atom is -0.372 e. The van der Waals surface area contributed by atoms with E-state index in [-0.39, 0.29) is 24.3 Å². The zero-order valence-electron chi connectivity index (χ0n) is 13.3. The molecular formula is C17H20ClN3O2. The highest BCUT2D eigenvalue weighted by Gasteiger charge is 2.21. The Morgan fingerprint density at radius 3 is 2.70 bits per heavy atom. The van der Waals surface area contributed by atoms with Crippen molar-refractivity contribution in [1.29, 1.82) is 5.26 Å². The number of benzene rings is 1. The molecule has 0 saturated carbocycles. The van der Waals surface area contributed by atoms with Crippen molar-refractivity contribution in [1.82, 2.24) is 10.2 Å². The zero-order chi connectivity index (χ0) is 16.8. The molecule has 0 radical (unpaired) electrons. The number of carbonyl (C=O) groups excluding carboxylic acids is 1. The molecule has 0 aromatic heterocycles. The second kappa shape index (κ2) is 8.00. The van der Waals surface area contributed by atoms with Gasteiger partial charge in [0.05, 0.1) is 12.2 Å². The Hall–Kier alpha value is -2.03. The molecule has 6 heteroatoms. The van der Waals surface area contributed by atoms with E-state index < -0.39 is 5.91 Å². The fourth-order valence-corrected chi connectivity index (χ4v) is 2.76. The van der Waals surface area contributed by atoms with Gasteiger partial charge < -0.3 is 15.0 Å². The first-order chi connectivity index (χ1) is 11.0. The van der Waals surface area contributed by atoms with Gasteiger partial charge in [-0.2, -0.15) is 5.26 Å². The predicted molar refractivity (Wildman–Crippen MR) is 88.6 cm³/mol. The van der Waals surface area contributed by atoms with E-state index in [1.807, 2.05) is 43.0 Å². The third kappa shape index (κ3) is 4.98. The highest BCUT2D eigenvalue weighted by molar-refractivity contribution is 6.31. The van der Waals surface area contributed by atoms with Crippen LogP contribution >= 0.6 is 11.6 Å². The lowest BCUT2D eigenvalue weighted by molar-refractivity contribution is -0.117. The highest BCUT2D eigenvalue weighted by atomic mass is 35.5. The van der Waals surface area contributed by atoms with Crippen LogP contribution < -0.4 is 5.32 Å². The van der Waals surface area contributed by atoms with Crippen molar-refractivity contribution in [3.05, 3.63) is 46.6 Å². The smallest absolute Gasteiger partial charge is 0.263 e. The van der Waals surface area contributed by atoms with Gasteiger partial charge >= 0.3 is 0 Å². The third-order valence-corrected chi connectivity index (χ3v) is 3.89. The molecular weight excluding hydrogens is 314 g/mol. The fraction of sp³-hybridized carbons (Fsp3) is 0.412. The van der Waals surface area contributed by atoms with Crippen LogP contribution in [-0.4, -0.2) is 36.1 Å². The maximum Gasteiger partial charge on any atom is 0.263 e. The van der Waals surface area contributed by atoms with Crippen LogP contribution in [0.1, 0.15) is 19.4 Å². The van der Waals surface area contributed by atoms with Crippen LogP contribution in [0.15, 0.2) is 36.0 Å². The van der Waals surface area contributed by atoms with Gasteiger partial charge in [0.15, 0.2) is 0 Å². The standard InChI is InChI=1S/C17H20ClN3O2/c1-12-9-21(10-13(2)23-12)11-15(7-19)17(22)20-8-14-5-3-4-6-16(14)18/h3-6,11-13H,8-10H2,1-2H3,(H,20,22)/b15-11-. The second-order valence-electron chi connectivity index (χ2n) is 5.64. The third-order valence-electron chi connectivity index (χ3n) is 3.52.